The number of aromatic nitrogens is 2. The molecule has 0 bridgehead atoms. The first-order chi connectivity index (χ1) is 8.98. The van der Waals surface area contributed by atoms with Crippen LogP contribution in [-0.2, 0) is 10.0 Å². The highest BCUT2D eigenvalue weighted by Crippen LogP contribution is 2.17. The van der Waals surface area contributed by atoms with E-state index >= 15 is 0 Å². The van der Waals surface area contributed by atoms with E-state index in [1.165, 1.54) is 6.20 Å². The summed E-state index contributed by atoms with van der Waals surface area (Å²) in [5.41, 5.74) is 0.688. The maximum Gasteiger partial charge on any atom is 0.233 e. The predicted octanol–water partition coefficient (Wildman–Crippen LogP) is 1.88. The van der Waals surface area contributed by atoms with Crippen LogP contribution in [0.3, 0.4) is 0 Å². The molecule has 0 unspecified atom stereocenters. The minimum atomic E-state index is -3.30. The molecule has 0 aliphatic rings. The van der Waals surface area contributed by atoms with E-state index in [2.05, 4.69) is 20.2 Å². The van der Waals surface area contributed by atoms with Gasteiger partial charge in [-0.05, 0) is 26.0 Å². The summed E-state index contributed by atoms with van der Waals surface area (Å²) >= 11 is 0. The quantitative estimate of drug-likeness (QED) is 0.869. The van der Waals surface area contributed by atoms with E-state index in [0.29, 0.717) is 17.3 Å². The van der Waals surface area contributed by atoms with Crippen LogP contribution < -0.4 is 10.0 Å². The molecule has 2 rings (SSSR count). The van der Waals surface area contributed by atoms with Crippen LogP contribution >= 0.6 is 0 Å². The van der Waals surface area contributed by atoms with Crippen LogP contribution in [0, 0.1) is 6.92 Å². The first-order valence-electron chi connectivity index (χ1n) is 5.65. The summed E-state index contributed by atoms with van der Waals surface area (Å²) in [5, 5.41) is 6.76. The lowest BCUT2D eigenvalue weighted by atomic mass is 10.4. The average molecular weight is 282 g/mol. The van der Waals surface area contributed by atoms with Gasteiger partial charge in [-0.1, -0.05) is 5.16 Å². The third-order valence-corrected chi connectivity index (χ3v) is 3.58. The normalized spacial score (nSPS) is 11.3. The second kappa shape index (κ2) is 5.27. The van der Waals surface area contributed by atoms with Gasteiger partial charge in [-0.3, -0.25) is 4.72 Å². The fraction of sp³-hybridized carbons (Fsp3) is 0.273. The summed E-state index contributed by atoms with van der Waals surface area (Å²) in [7, 11) is -3.30. The van der Waals surface area contributed by atoms with Crippen molar-refractivity contribution in [2.24, 2.45) is 0 Å². The maximum atomic E-state index is 11.4. The molecule has 2 aromatic rings. The number of hydrogen-bond acceptors (Lipinski definition) is 6. The summed E-state index contributed by atoms with van der Waals surface area (Å²) < 4.78 is 30.0. The summed E-state index contributed by atoms with van der Waals surface area (Å²) in [6, 6.07) is 5.01. The molecule has 2 aromatic heterocycles. The van der Waals surface area contributed by atoms with Gasteiger partial charge in [-0.15, -0.1) is 0 Å². The van der Waals surface area contributed by atoms with Gasteiger partial charge in [0.1, 0.15) is 11.6 Å². The van der Waals surface area contributed by atoms with Crippen molar-refractivity contribution in [1.82, 2.24) is 10.1 Å². The van der Waals surface area contributed by atoms with Crippen molar-refractivity contribution < 1.29 is 12.9 Å². The maximum absolute atomic E-state index is 11.4. The largest absolute Gasteiger partial charge is 0.360 e. The highest BCUT2D eigenvalue weighted by atomic mass is 32.2. The van der Waals surface area contributed by atoms with E-state index in [4.69, 9.17) is 4.52 Å². The van der Waals surface area contributed by atoms with Gasteiger partial charge in [0.25, 0.3) is 0 Å². The second-order valence-corrected chi connectivity index (χ2v) is 5.90. The number of aryl methyl sites for hydroxylation is 1. The number of nitrogens with one attached hydrogen (secondary N) is 2. The Morgan fingerprint density at radius 2 is 2.11 bits per heavy atom. The van der Waals surface area contributed by atoms with Crippen LogP contribution in [-0.4, -0.2) is 24.3 Å². The Balaban J connectivity index is 2.06. The monoisotopic (exact) mass is 282 g/mol. The van der Waals surface area contributed by atoms with Crippen molar-refractivity contribution in [3.63, 3.8) is 0 Å². The van der Waals surface area contributed by atoms with Gasteiger partial charge < -0.3 is 9.84 Å². The lowest BCUT2D eigenvalue weighted by Gasteiger charge is -2.06. The fourth-order valence-corrected chi connectivity index (χ4v) is 1.92. The third kappa shape index (κ3) is 3.68. The van der Waals surface area contributed by atoms with Crippen LogP contribution in [0.5, 0.6) is 0 Å². The van der Waals surface area contributed by atoms with Crippen molar-refractivity contribution in [2.75, 3.05) is 15.8 Å². The highest BCUT2D eigenvalue weighted by Gasteiger charge is 2.07. The molecule has 0 aliphatic heterocycles. The molecule has 0 amide bonds. The van der Waals surface area contributed by atoms with Gasteiger partial charge in [0.05, 0.1) is 17.6 Å². The summed E-state index contributed by atoms with van der Waals surface area (Å²) in [4.78, 5) is 4.00. The molecule has 2 heterocycles. The number of sulfonamides is 1. The molecule has 19 heavy (non-hydrogen) atoms. The number of hydrogen-bond donors (Lipinski definition) is 2. The zero-order chi connectivity index (χ0) is 13.9. The smallest absolute Gasteiger partial charge is 0.233 e. The van der Waals surface area contributed by atoms with Gasteiger partial charge in [0.2, 0.25) is 10.0 Å². The number of rotatable bonds is 5. The van der Waals surface area contributed by atoms with E-state index in [0.717, 1.165) is 0 Å². The van der Waals surface area contributed by atoms with Gasteiger partial charge in [-0.25, -0.2) is 13.4 Å². The van der Waals surface area contributed by atoms with Crippen LogP contribution in [0.1, 0.15) is 12.7 Å². The molecular formula is C11H14N4O3S. The van der Waals surface area contributed by atoms with Gasteiger partial charge in [-0.2, -0.15) is 0 Å². The molecule has 7 nitrogen and oxygen atoms in total. The molecule has 0 saturated carbocycles. The highest BCUT2D eigenvalue weighted by molar-refractivity contribution is 7.92. The molecule has 8 heteroatoms. The molecule has 0 fully saturated rings. The Bertz CT molecular complexity index is 649. The lowest BCUT2D eigenvalue weighted by Crippen LogP contribution is -2.15. The average Bonchev–Trinajstić information content (AvgIpc) is 2.77. The van der Waals surface area contributed by atoms with E-state index < -0.39 is 10.0 Å². The number of anilines is 3. The van der Waals surface area contributed by atoms with E-state index in [9.17, 15) is 8.42 Å². The van der Waals surface area contributed by atoms with Crippen molar-refractivity contribution in [1.29, 1.82) is 0 Å². The van der Waals surface area contributed by atoms with Crippen LogP contribution in [0.25, 0.3) is 0 Å². The molecule has 2 N–H and O–H groups in total. The van der Waals surface area contributed by atoms with Crippen LogP contribution in [0.4, 0.5) is 17.3 Å². The summed E-state index contributed by atoms with van der Waals surface area (Å²) in [6.45, 7) is 3.35. The zero-order valence-electron chi connectivity index (χ0n) is 10.5. The molecule has 102 valence electrons. The third-order valence-electron chi connectivity index (χ3n) is 2.30. The summed E-state index contributed by atoms with van der Waals surface area (Å²) in [6.07, 6.45) is 1.51. The Kier molecular flexibility index (Phi) is 3.70. The molecule has 0 radical (unpaired) electrons. The fourth-order valence-electron chi connectivity index (χ4n) is 1.33. The topological polar surface area (TPSA) is 97.1 Å². The molecular weight excluding hydrogens is 268 g/mol. The van der Waals surface area contributed by atoms with Gasteiger partial charge in [0, 0.05) is 6.07 Å². The first-order valence-corrected chi connectivity index (χ1v) is 7.30. The SMILES string of the molecule is CCS(=O)(=O)Nc1ccc(Nc2cc(C)on2)cn1. The van der Waals surface area contributed by atoms with E-state index in [-0.39, 0.29) is 11.6 Å². The summed E-state index contributed by atoms with van der Waals surface area (Å²) in [5.74, 6) is 1.56. The number of pyridine rings is 1. The van der Waals surface area contributed by atoms with E-state index in [1.54, 1.807) is 32.0 Å². The Hall–Kier alpha value is -2.09. The van der Waals surface area contributed by atoms with Crippen LogP contribution in [0.2, 0.25) is 0 Å². The Labute approximate surface area is 111 Å². The van der Waals surface area contributed by atoms with Gasteiger partial charge >= 0.3 is 0 Å². The van der Waals surface area contributed by atoms with Crippen molar-refractivity contribution >= 4 is 27.3 Å². The lowest BCUT2D eigenvalue weighted by molar-refractivity contribution is 0.400. The van der Waals surface area contributed by atoms with E-state index in [1.807, 2.05) is 0 Å². The number of nitrogens with zero attached hydrogens (tertiary/aromatic N) is 2. The zero-order valence-corrected chi connectivity index (χ0v) is 11.4. The Morgan fingerprint density at radius 3 is 2.63 bits per heavy atom. The minimum Gasteiger partial charge on any atom is -0.360 e. The second-order valence-electron chi connectivity index (χ2n) is 3.89. The predicted molar refractivity (Wildman–Crippen MR) is 71.8 cm³/mol. The first kappa shape index (κ1) is 13.3. The molecule has 0 atom stereocenters. The molecule has 0 aromatic carbocycles. The van der Waals surface area contributed by atoms with Crippen molar-refractivity contribution in [2.45, 2.75) is 13.8 Å². The molecule has 0 spiro atoms. The van der Waals surface area contributed by atoms with Crippen LogP contribution in [0.15, 0.2) is 28.9 Å². The standard InChI is InChI=1S/C11H14N4O3S/c1-3-19(16,17)15-10-5-4-9(7-12-10)13-11-6-8(2)18-14-11/h4-7H,3H2,1-2H3,(H,12,15)(H,13,14). The van der Waals surface area contributed by atoms with Crippen molar-refractivity contribution in [3.8, 4) is 0 Å². The molecule has 0 aliphatic carbocycles. The van der Waals surface area contributed by atoms with Gasteiger partial charge in [0.15, 0.2) is 5.82 Å². The minimum absolute atomic E-state index is 0.00684. The molecule has 0 saturated heterocycles. The Morgan fingerprint density at radius 1 is 1.32 bits per heavy atom. The van der Waals surface area contributed by atoms with Crippen molar-refractivity contribution in [3.05, 3.63) is 30.2 Å².